The molecule has 0 saturated carbocycles. The lowest BCUT2D eigenvalue weighted by atomic mass is 10.2. The summed E-state index contributed by atoms with van der Waals surface area (Å²) in [6.07, 6.45) is 0.692. The fraction of sp³-hybridized carbons (Fsp3) is 0.500. The Morgan fingerprint density at radius 3 is 2.44 bits per heavy atom. The van der Waals surface area contributed by atoms with E-state index in [9.17, 15) is 4.79 Å². The van der Waals surface area contributed by atoms with Crippen LogP contribution >= 0.6 is 15.9 Å². The van der Waals surface area contributed by atoms with Gasteiger partial charge in [0.15, 0.2) is 0 Å². The van der Waals surface area contributed by atoms with Crippen molar-refractivity contribution in [2.75, 3.05) is 7.11 Å². The Bertz CT molecular complexity index is 129. The van der Waals surface area contributed by atoms with Crippen molar-refractivity contribution < 1.29 is 9.53 Å². The van der Waals surface area contributed by atoms with Gasteiger partial charge in [0, 0.05) is 5.57 Å². The van der Waals surface area contributed by atoms with Crippen LogP contribution in [0.2, 0.25) is 0 Å². The summed E-state index contributed by atoms with van der Waals surface area (Å²) in [7, 11) is 1.37. The van der Waals surface area contributed by atoms with Gasteiger partial charge >= 0.3 is 5.97 Å². The van der Waals surface area contributed by atoms with E-state index in [1.807, 2.05) is 6.92 Å². The number of hydrogen-bond donors (Lipinski definition) is 0. The van der Waals surface area contributed by atoms with E-state index in [4.69, 9.17) is 0 Å². The Labute approximate surface area is 63.0 Å². The maximum atomic E-state index is 10.7. The van der Waals surface area contributed by atoms with Gasteiger partial charge in [-0.25, -0.2) is 4.79 Å². The van der Waals surface area contributed by atoms with Gasteiger partial charge < -0.3 is 4.74 Å². The highest BCUT2D eigenvalue weighted by Crippen LogP contribution is 2.04. The van der Waals surface area contributed by atoms with Crippen LogP contribution in [0.4, 0.5) is 0 Å². The third-order valence-electron chi connectivity index (χ3n) is 0.960. The van der Waals surface area contributed by atoms with E-state index in [-0.39, 0.29) is 5.97 Å². The van der Waals surface area contributed by atoms with E-state index in [1.165, 1.54) is 7.11 Å². The quantitative estimate of drug-likeness (QED) is 0.494. The molecule has 0 aromatic carbocycles. The van der Waals surface area contributed by atoms with Gasteiger partial charge in [0.2, 0.25) is 0 Å². The minimum atomic E-state index is -0.269. The Hall–Kier alpha value is -0.310. The summed E-state index contributed by atoms with van der Waals surface area (Å²) >= 11 is 3.05. The van der Waals surface area contributed by atoms with E-state index in [0.29, 0.717) is 12.0 Å². The van der Waals surface area contributed by atoms with E-state index in [0.717, 1.165) is 0 Å². The number of ether oxygens (including phenoxy) is 1. The number of carbonyl (C=O) groups excluding carboxylic acids is 1. The van der Waals surface area contributed by atoms with Gasteiger partial charge in [0.25, 0.3) is 0 Å². The molecule has 0 unspecified atom stereocenters. The SMILES string of the molecule is CCC(=CBr)C(=O)OC. The number of methoxy groups -OCH3 is 1. The average molecular weight is 193 g/mol. The minimum absolute atomic E-state index is 0.269. The second-order valence-electron chi connectivity index (χ2n) is 1.48. The zero-order valence-corrected chi connectivity index (χ0v) is 7.06. The van der Waals surface area contributed by atoms with Gasteiger partial charge in [0.1, 0.15) is 0 Å². The number of hydrogen-bond acceptors (Lipinski definition) is 2. The zero-order valence-electron chi connectivity index (χ0n) is 5.48. The molecule has 0 amide bonds. The van der Waals surface area contributed by atoms with E-state index in [1.54, 1.807) is 4.99 Å². The molecule has 0 aliphatic carbocycles. The smallest absolute Gasteiger partial charge is 0.334 e. The van der Waals surface area contributed by atoms with Crippen molar-refractivity contribution in [2.24, 2.45) is 0 Å². The Kier molecular flexibility index (Phi) is 4.40. The zero-order chi connectivity index (χ0) is 7.28. The highest BCUT2D eigenvalue weighted by molar-refractivity contribution is 9.11. The molecule has 0 atom stereocenters. The summed E-state index contributed by atoms with van der Waals surface area (Å²) in [6.45, 7) is 1.89. The standard InChI is InChI=1S/C6H9BrO2/c1-3-5(4-7)6(8)9-2/h4H,3H2,1-2H3. The highest BCUT2D eigenvalue weighted by Gasteiger charge is 2.03. The number of carbonyl (C=O) groups is 1. The highest BCUT2D eigenvalue weighted by atomic mass is 79.9. The van der Waals surface area contributed by atoms with Crippen LogP contribution in [0.5, 0.6) is 0 Å². The average Bonchev–Trinajstić information content (AvgIpc) is 1.90. The molecule has 0 aliphatic rings. The van der Waals surface area contributed by atoms with Crippen LogP contribution in [-0.4, -0.2) is 13.1 Å². The molecule has 0 rings (SSSR count). The molecule has 0 saturated heterocycles. The molecular formula is C6H9BrO2. The molecule has 0 radical (unpaired) electrons. The Morgan fingerprint density at radius 2 is 2.33 bits per heavy atom. The lowest BCUT2D eigenvalue weighted by Crippen LogP contribution is -2.02. The largest absolute Gasteiger partial charge is 0.466 e. The summed E-state index contributed by atoms with van der Waals surface area (Å²) < 4.78 is 4.46. The van der Waals surface area contributed by atoms with Crippen LogP contribution in [0.3, 0.4) is 0 Å². The van der Waals surface area contributed by atoms with Crippen molar-refractivity contribution in [3.8, 4) is 0 Å². The summed E-state index contributed by atoms with van der Waals surface area (Å²) in [6, 6.07) is 0. The van der Waals surface area contributed by atoms with Crippen LogP contribution in [-0.2, 0) is 9.53 Å². The number of esters is 1. The summed E-state index contributed by atoms with van der Waals surface area (Å²) in [5.41, 5.74) is 0.650. The second-order valence-corrected chi connectivity index (χ2v) is 1.94. The van der Waals surface area contributed by atoms with Crippen molar-refractivity contribution in [1.29, 1.82) is 0 Å². The lowest BCUT2D eigenvalue weighted by Gasteiger charge is -1.97. The van der Waals surface area contributed by atoms with Crippen molar-refractivity contribution >= 4 is 21.9 Å². The molecule has 0 aromatic heterocycles. The van der Waals surface area contributed by atoms with Crippen molar-refractivity contribution in [1.82, 2.24) is 0 Å². The van der Waals surface area contributed by atoms with Gasteiger partial charge in [-0.15, -0.1) is 0 Å². The first-order valence-electron chi connectivity index (χ1n) is 2.63. The molecular weight excluding hydrogens is 184 g/mol. The molecule has 52 valence electrons. The predicted molar refractivity (Wildman–Crippen MR) is 39.3 cm³/mol. The molecule has 0 aromatic rings. The Balaban J connectivity index is 3.97. The van der Waals surface area contributed by atoms with Crippen LogP contribution in [0, 0.1) is 0 Å². The summed E-state index contributed by atoms with van der Waals surface area (Å²) in [5, 5.41) is 0. The monoisotopic (exact) mass is 192 g/mol. The van der Waals surface area contributed by atoms with Crippen LogP contribution < -0.4 is 0 Å². The third kappa shape index (κ3) is 2.65. The number of halogens is 1. The fourth-order valence-corrected chi connectivity index (χ4v) is 0.908. The first-order valence-corrected chi connectivity index (χ1v) is 3.55. The van der Waals surface area contributed by atoms with Crippen LogP contribution in [0.25, 0.3) is 0 Å². The third-order valence-corrected chi connectivity index (χ3v) is 1.51. The molecule has 0 bridgehead atoms. The summed E-state index contributed by atoms with van der Waals surface area (Å²) in [5.74, 6) is -0.269. The van der Waals surface area contributed by atoms with Gasteiger partial charge in [-0.1, -0.05) is 22.9 Å². The molecule has 0 fully saturated rings. The van der Waals surface area contributed by atoms with Gasteiger partial charge in [0.05, 0.1) is 7.11 Å². The van der Waals surface area contributed by atoms with Crippen molar-refractivity contribution in [2.45, 2.75) is 13.3 Å². The van der Waals surface area contributed by atoms with Crippen molar-refractivity contribution in [3.63, 3.8) is 0 Å². The topological polar surface area (TPSA) is 26.3 Å². The maximum absolute atomic E-state index is 10.7. The molecule has 3 heteroatoms. The maximum Gasteiger partial charge on any atom is 0.334 e. The molecule has 0 spiro atoms. The normalized spacial score (nSPS) is 11.2. The van der Waals surface area contributed by atoms with E-state index >= 15 is 0 Å². The second kappa shape index (κ2) is 4.56. The fourth-order valence-electron chi connectivity index (χ4n) is 0.397. The van der Waals surface area contributed by atoms with Crippen molar-refractivity contribution in [3.05, 3.63) is 10.6 Å². The van der Waals surface area contributed by atoms with Gasteiger partial charge in [-0.3, -0.25) is 0 Å². The minimum Gasteiger partial charge on any atom is -0.466 e. The Morgan fingerprint density at radius 1 is 1.78 bits per heavy atom. The first-order chi connectivity index (χ1) is 4.26. The summed E-state index contributed by atoms with van der Waals surface area (Å²) in [4.78, 5) is 12.2. The van der Waals surface area contributed by atoms with Gasteiger partial charge in [-0.05, 0) is 11.4 Å². The molecule has 2 nitrogen and oxygen atoms in total. The molecule has 0 N–H and O–H groups in total. The van der Waals surface area contributed by atoms with Crippen LogP contribution in [0.1, 0.15) is 13.3 Å². The van der Waals surface area contributed by atoms with E-state index in [2.05, 4.69) is 20.7 Å². The lowest BCUT2D eigenvalue weighted by molar-refractivity contribution is -0.136. The van der Waals surface area contributed by atoms with Gasteiger partial charge in [-0.2, -0.15) is 0 Å². The molecule has 9 heavy (non-hydrogen) atoms. The predicted octanol–water partition coefficient (Wildman–Crippen LogP) is 1.85. The molecule has 0 aliphatic heterocycles. The van der Waals surface area contributed by atoms with Crippen LogP contribution in [0.15, 0.2) is 10.6 Å². The molecule has 0 heterocycles. The van der Waals surface area contributed by atoms with E-state index < -0.39 is 0 Å². The number of rotatable bonds is 2. The first kappa shape index (κ1) is 8.69.